The highest BCUT2D eigenvalue weighted by atomic mass is 14.3. The number of hydrogen-bond acceptors (Lipinski definition) is 0. The number of fused-ring (bicyclic) bond motifs is 4. The summed E-state index contributed by atoms with van der Waals surface area (Å²) in [7, 11) is 0. The van der Waals surface area contributed by atoms with Gasteiger partial charge < -0.3 is 0 Å². The number of hydrogen-bond donors (Lipinski definition) is 0. The van der Waals surface area contributed by atoms with E-state index in [1.165, 1.54) is 65.4 Å². The van der Waals surface area contributed by atoms with E-state index in [0.29, 0.717) is 5.92 Å². The Hall–Kier alpha value is -4.16. The summed E-state index contributed by atoms with van der Waals surface area (Å²) in [6.45, 7) is 2.24. The SMILES string of the molecule is Cc1cc(C2=c3ccccc3=CC3=CC=CCC32)cc(-c2c3ccccc3cc3ccccc23)c1. The van der Waals surface area contributed by atoms with E-state index >= 15 is 0 Å². The van der Waals surface area contributed by atoms with Crippen molar-refractivity contribution in [1.82, 2.24) is 0 Å². The van der Waals surface area contributed by atoms with Crippen LogP contribution >= 0.6 is 0 Å². The second-order valence-electron chi connectivity index (χ2n) is 9.81. The number of benzene rings is 5. The van der Waals surface area contributed by atoms with Gasteiger partial charge in [0.2, 0.25) is 0 Å². The molecule has 0 heterocycles. The first-order valence-electron chi connectivity index (χ1n) is 12.5. The zero-order chi connectivity index (χ0) is 23.4. The predicted molar refractivity (Wildman–Crippen MR) is 150 cm³/mol. The maximum absolute atomic E-state index is 2.44. The van der Waals surface area contributed by atoms with Crippen LogP contribution in [0.5, 0.6) is 0 Å². The Labute approximate surface area is 205 Å². The lowest BCUT2D eigenvalue weighted by molar-refractivity contribution is 0.804. The molecule has 0 spiro atoms. The molecule has 0 heteroatoms. The standard InChI is InChI=1S/C35H26/c1-23-18-28(34-30-14-6-2-10-24(30)20-25-11-3-7-15-31(25)34)22-29(19-23)35-32-16-8-4-12-26(32)21-27-13-5-9-17-33(27)35/h2-16,18-22,33H,17H2,1H3. The minimum absolute atomic E-state index is 0.397. The van der Waals surface area contributed by atoms with Gasteiger partial charge in [0, 0.05) is 5.92 Å². The van der Waals surface area contributed by atoms with Crippen LogP contribution < -0.4 is 10.4 Å². The van der Waals surface area contributed by atoms with Crippen LogP contribution in [-0.2, 0) is 0 Å². The third kappa shape index (κ3) is 3.29. The monoisotopic (exact) mass is 446 g/mol. The molecule has 0 radical (unpaired) electrons. The molecule has 1 atom stereocenters. The fraction of sp³-hybridized carbons (Fsp3) is 0.0857. The first kappa shape index (κ1) is 20.2. The van der Waals surface area contributed by atoms with Crippen LogP contribution in [0.3, 0.4) is 0 Å². The van der Waals surface area contributed by atoms with Crippen LogP contribution in [0, 0.1) is 12.8 Å². The Balaban J connectivity index is 1.56. The first-order chi connectivity index (χ1) is 17.3. The summed E-state index contributed by atoms with van der Waals surface area (Å²) in [6, 6.07) is 36.0. The van der Waals surface area contributed by atoms with Gasteiger partial charge in [0.05, 0.1) is 0 Å². The molecular formula is C35H26. The number of aryl methyl sites for hydroxylation is 1. The molecule has 5 aromatic rings. The van der Waals surface area contributed by atoms with Crippen molar-refractivity contribution in [3.63, 3.8) is 0 Å². The van der Waals surface area contributed by atoms with Crippen LogP contribution in [0.2, 0.25) is 0 Å². The summed E-state index contributed by atoms with van der Waals surface area (Å²) < 4.78 is 0. The van der Waals surface area contributed by atoms with Crippen molar-refractivity contribution in [2.24, 2.45) is 5.92 Å². The lowest BCUT2D eigenvalue weighted by Gasteiger charge is -2.27. The van der Waals surface area contributed by atoms with Gasteiger partial charge in [-0.1, -0.05) is 109 Å². The van der Waals surface area contributed by atoms with Crippen molar-refractivity contribution in [3.05, 3.63) is 142 Å². The van der Waals surface area contributed by atoms with Crippen LogP contribution in [0.25, 0.3) is 44.3 Å². The summed E-state index contributed by atoms with van der Waals surface area (Å²) in [6.07, 6.45) is 10.2. The molecule has 2 aliphatic carbocycles. The van der Waals surface area contributed by atoms with E-state index in [0.717, 1.165) is 6.42 Å². The van der Waals surface area contributed by atoms with Gasteiger partial charge in [-0.3, -0.25) is 0 Å². The summed E-state index contributed by atoms with van der Waals surface area (Å²) >= 11 is 0. The summed E-state index contributed by atoms with van der Waals surface area (Å²) in [5.74, 6) is 0.397. The molecule has 0 N–H and O–H groups in total. The second-order valence-corrected chi connectivity index (χ2v) is 9.81. The lowest BCUT2D eigenvalue weighted by atomic mass is 9.76. The third-order valence-electron chi connectivity index (χ3n) is 7.57. The molecular weight excluding hydrogens is 420 g/mol. The molecule has 1 unspecified atom stereocenters. The summed E-state index contributed by atoms with van der Waals surface area (Å²) in [5.41, 5.74) is 8.13. The molecule has 2 aliphatic rings. The Morgan fingerprint density at radius 2 is 1.37 bits per heavy atom. The van der Waals surface area contributed by atoms with Gasteiger partial charge in [-0.15, -0.1) is 0 Å². The number of rotatable bonds is 2. The van der Waals surface area contributed by atoms with Gasteiger partial charge in [-0.2, -0.15) is 0 Å². The zero-order valence-electron chi connectivity index (χ0n) is 19.8. The molecule has 0 saturated carbocycles. The average molecular weight is 447 g/mol. The van der Waals surface area contributed by atoms with Gasteiger partial charge in [-0.05, 0) is 90.9 Å². The van der Waals surface area contributed by atoms with Crippen LogP contribution in [-0.4, -0.2) is 0 Å². The smallest absolute Gasteiger partial charge is 0.0136 e. The van der Waals surface area contributed by atoms with Gasteiger partial charge in [0.15, 0.2) is 0 Å². The molecule has 0 saturated heterocycles. The van der Waals surface area contributed by atoms with Gasteiger partial charge >= 0.3 is 0 Å². The summed E-state index contributed by atoms with van der Waals surface area (Å²) in [4.78, 5) is 0. The maximum Gasteiger partial charge on any atom is 0.0136 e. The molecule has 0 aromatic heterocycles. The van der Waals surface area contributed by atoms with Crippen molar-refractivity contribution < 1.29 is 0 Å². The molecule has 0 bridgehead atoms. The molecule has 166 valence electrons. The van der Waals surface area contributed by atoms with Crippen LogP contribution in [0.4, 0.5) is 0 Å². The fourth-order valence-corrected chi connectivity index (χ4v) is 6.08. The van der Waals surface area contributed by atoms with Crippen molar-refractivity contribution in [2.45, 2.75) is 13.3 Å². The third-order valence-corrected chi connectivity index (χ3v) is 7.57. The maximum atomic E-state index is 2.44. The lowest BCUT2D eigenvalue weighted by Crippen LogP contribution is -2.34. The van der Waals surface area contributed by atoms with E-state index in [4.69, 9.17) is 0 Å². The topological polar surface area (TPSA) is 0 Å². The van der Waals surface area contributed by atoms with Crippen molar-refractivity contribution in [3.8, 4) is 11.1 Å². The van der Waals surface area contributed by atoms with Crippen LogP contribution in [0.1, 0.15) is 17.5 Å². The fourth-order valence-electron chi connectivity index (χ4n) is 6.08. The van der Waals surface area contributed by atoms with Crippen molar-refractivity contribution >= 4 is 33.2 Å². The largest absolute Gasteiger partial charge is 0.0836 e. The van der Waals surface area contributed by atoms with E-state index < -0.39 is 0 Å². The van der Waals surface area contributed by atoms with Gasteiger partial charge in [0.25, 0.3) is 0 Å². The average Bonchev–Trinajstić information content (AvgIpc) is 2.90. The van der Waals surface area contributed by atoms with Crippen molar-refractivity contribution in [2.75, 3.05) is 0 Å². The highest BCUT2D eigenvalue weighted by Gasteiger charge is 2.24. The van der Waals surface area contributed by atoms with Gasteiger partial charge in [0.1, 0.15) is 0 Å². The normalized spacial score (nSPS) is 16.5. The minimum atomic E-state index is 0.397. The van der Waals surface area contributed by atoms with Crippen LogP contribution in [0.15, 0.2) is 121 Å². The number of allylic oxidation sites excluding steroid dienone is 4. The molecule has 0 amide bonds. The van der Waals surface area contributed by atoms with E-state index in [-0.39, 0.29) is 0 Å². The summed E-state index contributed by atoms with van der Waals surface area (Å²) in [5, 5.41) is 7.88. The second kappa shape index (κ2) is 7.96. The molecule has 0 nitrogen and oxygen atoms in total. The Morgan fingerprint density at radius 3 is 2.17 bits per heavy atom. The minimum Gasteiger partial charge on any atom is -0.0836 e. The quantitative estimate of drug-likeness (QED) is 0.247. The van der Waals surface area contributed by atoms with Crippen molar-refractivity contribution in [1.29, 1.82) is 0 Å². The predicted octanol–water partition coefficient (Wildman–Crippen LogP) is 7.46. The van der Waals surface area contributed by atoms with Gasteiger partial charge in [-0.25, -0.2) is 0 Å². The Morgan fingerprint density at radius 1 is 0.686 bits per heavy atom. The molecule has 35 heavy (non-hydrogen) atoms. The highest BCUT2D eigenvalue weighted by Crippen LogP contribution is 2.40. The molecule has 0 fully saturated rings. The highest BCUT2D eigenvalue weighted by molar-refractivity contribution is 6.12. The zero-order valence-corrected chi connectivity index (χ0v) is 19.8. The molecule has 0 aliphatic heterocycles. The first-order valence-corrected chi connectivity index (χ1v) is 12.5. The Bertz CT molecular complexity index is 1770. The van der Waals surface area contributed by atoms with E-state index in [1.807, 2.05) is 0 Å². The Kier molecular flexibility index (Phi) is 4.60. The van der Waals surface area contributed by atoms with E-state index in [1.54, 1.807) is 0 Å². The molecule has 5 aromatic carbocycles. The van der Waals surface area contributed by atoms with E-state index in [9.17, 15) is 0 Å². The molecule has 7 rings (SSSR count). The van der Waals surface area contributed by atoms with E-state index in [2.05, 4.69) is 128 Å².